The van der Waals surface area contributed by atoms with Crippen molar-refractivity contribution < 1.29 is 0 Å². The van der Waals surface area contributed by atoms with Crippen LogP contribution in [0.25, 0.3) is 87.9 Å². The fourth-order valence-corrected chi connectivity index (χ4v) is 6.40. The van der Waals surface area contributed by atoms with E-state index in [1.54, 1.807) is 6.20 Å². The number of benzene rings is 6. The van der Waals surface area contributed by atoms with Crippen LogP contribution in [0.2, 0.25) is 0 Å². The lowest BCUT2D eigenvalue weighted by Crippen LogP contribution is -1.94. The summed E-state index contributed by atoms with van der Waals surface area (Å²) in [6.45, 7) is 0. The van der Waals surface area contributed by atoms with Crippen molar-refractivity contribution in [1.29, 1.82) is 0 Å². The van der Waals surface area contributed by atoms with Gasteiger partial charge in [0.05, 0.1) is 11.0 Å². The Morgan fingerprint density at radius 1 is 0.364 bits per heavy atom. The maximum absolute atomic E-state index is 4.89. The van der Waals surface area contributed by atoms with Gasteiger partial charge in [-0.25, -0.2) is 15.0 Å². The maximum Gasteiger partial charge on any atom is 0.178 e. The Morgan fingerprint density at radius 3 is 1.59 bits per heavy atom. The van der Waals surface area contributed by atoms with Gasteiger partial charge in [-0.1, -0.05) is 109 Å². The number of rotatable bonds is 3. The summed E-state index contributed by atoms with van der Waals surface area (Å²) in [6, 6.07) is 45.0. The SMILES string of the molecule is c1cnc2c(c1)ccc1ccc(-c3ncc(-c4ccc(-c5ccc6c7ccccc7c7ccccc7c6c5)cc4)cn3)nc12. The average molecular weight is 561 g/mol. The molecule has 0 aliphatic rings. The molecule has 9 rings (SSSR count). The molecule has 0 saturated carbocycles. The van der Waals surface area contributed by atoms with E-state index in [-0.39, 0.29) is 0 Å². The van der Waals surface area contributed by atoms with Gasteiger partial charge in [0, 0.05) is 34.9 Å². The highest BCUT2D eigenvalue weighted by Crippen LogP contribution is 2.37. The highest BCUT2D eigenvalue weighted by molar-refractivity contribution is 6.25. The lowest BCUT2D eigenvalue weighted by molar-refractivity contribution is 1.15. The number of hydrogen-bond donors (Lipinski definition) is 0. The molecule has 3 aromatic heterocycles. The molecule has 0 aliphatic heterocycles. The molecule has 0 aliphatic carbocycles. The van der Waals surface area contributed by atoms with Gasteiger partial charge < -0.3 is 0 Å². The normalized spacial score (nSPS) is 11.6. The lowest BCUT2D eigenvalue weighted by Gasteiger charge is -2.12. The Hall–Kier alpha value is -6.00. The lowest BCUT2D eigenvalue weighted by atomic mass is 9.92. The first-order valence-corrected chi connectivity index (χ1v) is 14.7. The fourth-order valence-electron chi connectivity index (χ4n) is 6.40. The number of fused-ring (bicyclic) bond motifs is 9. The van der Waals surface area contributed by atoms with Gasteiger partial charge in [-0.05, 0) is 67.2 Å². The summed E-state index contributed by atoms with van der Waals surface area (Å²) in [4.78, 5) is 18.8. The van der Waals surface area contributed by atoms with E-state index in [0.29, 0.717) is 5.82 Å². The number of hydrogen-bond acceptors (Lipinski definition) is 4. The zero-order valence-electron chi connectivity index (χ0n) is 23.6. The first-order chi connectivity index (χ1) is 21.8. The third kappa shape index (κ3) is 3.92. The van der Waals surface area contributed by atoms with Gasteiger partial charge in [0.25, 0.3) is 0 Å². The van der Waals surface area contributed by atoms with Gasteiger partial charge in [-0.3, -0.25) is 4.98 Å². The fraction of sp³-hybridized carbons (Fsp3) is 0. The van der Waals surface area contributed by atoms with Crippen molar-refractivity contribution in [1.82, 2.24) is 19.9 Å². The molecule has 9 aromatic rings. The Balaban J connectivity index is 1.05. The molecule has 0 spiro atoms. The highest BCUT2D eigenvalue weighted by atomic mass is 14.9. The van der Waals surface area contributed by atoms with Crippen LogP contribution in [0.5, 0.6) is 0 Å². The van der Waals surface area contributed by atoms with E-state index in [2.05, 4.69) is 130 Å². The molecule has 0 bridgehead atoms. The Morgan fingerprint density at radius 2 is 0.909 bits per heavy atom. The third-order valence-corrected chi connectivity index (χ3v) is 8.61. The van der Waals surface area contributed by atoms with Crippen molar-refractivity contribution in [3.63, 3.8) is 0 Å². The van der Waals surface area contributed by atoms with Crippen molar-refractivity contribution in [2.75, 3.05) is 0 Å². The second-order valence-electron chi connectivity index (χ2n) is 11.1. The van der Waals surface area contributed by atoms with Crippen molar-refractivity contribution in [3.8, 4) is 33.8 Å². The molecule has 0 fully saturated rings. The molecule has 0 unspecified atom stereocenters. The molecule has 3 heterocycles. The molecule has 44 heavy (non-hydrogen) atoms. The first kappa shape index (κ1) is 24.6. The Labute approximate surface area is 253 Å². The summed E-state index contributed by atoms with van der Waals surface area (Å²) in [5.74, 6) is 0.594. The summed E-state index contributed by atoms with van der Waals surface area (Å²) >= 11 is 0. The van der Waals surface area contributed by atoms with Crippen LogP contribution in [-0.4, -0.2) is 19.9 Å². The predicted molar refractivity (Wildman–Crippen MR) is 181 cm³/mol. The molecule has 4 nitrogen and oxygen atoms in total. The van der Waals surface area contributed by atoms with E-state index < -0.39 is 0 Å². The summed E-state index contributed by atoms with van der Waals surface area (Å²) in [5.41, 5.74) is 6.87. The number of aromatic nitrogens is 4. The van der Waals surface area contributed by atoms with Gasteiger partial charge in [-0.2, -0.15) is 0 Å². The molecular formula is C40H24N4. The summed E-state index contributed by atoms with van der Waals surface area (Å²) in [6.07, 6.45) is 5.55. The Bertz CT molecular complexity index is 2500. The van der Waals surface area contributed by atoms with Gasteiger partial charge in [0.15, 0.2) is 5.82 Å². The van der Waals surface area contributed by atoms with E-state index in [1.165, 1.54) is 43.4 Å². The summed E-state index contributed by atoms with van der Waals surface area (Å²) < 4.78 is 0. The minimum Gasteiger partial charge on any atom is -0.254 e. The van der Waals surface area contributed by atoms with Crippen LogP contribution in [0.4, 0.5) is 0 Å². The minimum absolute atomic E-state index is 0.594. The monoisotopic (exact) mass is 560 g/mol. The second-order valence-corrected chi connectivity index (χ2v) is 11.1. The van der Waals surface area contributed by atoms with Crippen LogP contribution >= 0.6 is 0 Å². The molecule has 0 saturated heterocycles. The van der Waals surface area contributed by atoms with Crippen molar-refractivity contribution >= 4 is 54.1 Å². The predicted octanol–water partition coefficient (Wildman–Crippen LogP) is 10.0. The quantitative estimate of drug-likeness (QED) is 0.202. The molecule has 0 N–H and O–H groups in total. The first-order valence-electron chi connectivity index (χ1n) is 14.7. The number of nitrogens with zero attached hydrogens (tertiary/aromatic N) is 4. The summed E-state index contributed by atoms with van der Waals surface area (Å²) in [7, 11) is 0. The largest absolute Gasteiger partial charge is 0.254 e. The summed E-state index contributed by atoms with van der Waals surface area (Å²) in [5, 5.41) is 9.81. The van der Waals surface area contributed by atoms with E-state index >= 15 is 0 Å². The van der Waals surface area contributed by atoms with Crippen LogP contribution in [0.15, 0.2) is 146 Å². The van der Waals surface area contributed by atoms with E-state index in [4.69, 9.17) is 4.98 Å². The van der Waals surface area contributed by atoms with Gasteiger partial charge >= 0.3 is 0 Å². The standard InChI is InChI=1S/C40H24N4/c1-2-9-33-31(7-1)32-8-3-4-10-34(32)36-22-29(17-19-35(33)36)25-11-13-26(14-12-25)30-23-42-40(43-24-30)37-20-18-28-16-15-27-6-5-21-41-38(27)39(28)44-37/h1-24H. The topological polar surface area (TPSA) is 51.6 Å². The minimum atomic E-state index is 0.594. The van der Waals surface area contributed by atoms with Crippen LogP contribution in [-0.2, 0) is 0 Å². The van der Waals surface area contributed by atoms with E-state index in [9.17, 15) is 0 Å². The molecule has 6 aromatic carbocycles. The second kappa shape index (κ2) is 9.79. The maximum atomic E-state index is 4.89. The van der Waals surface area contributed by atoms with Crippen LogP contribution in [0.1, 0.15) is 0 Å². The zero-order valence-corrected chi connectivity index (χ0v) is 23.6. The van der Waals surface area contributed by atoms with Gasteiger partial charge in [0.1, 0.15) is 5.69 Å². The van der Waals surface area contributed by atoms with Crippen LogP contribution in [0.3, 0.4) is 0 Å². The van der Waals surface area contributed by atoms with Crippen molar-refractivity contribution in [2.24, 2.45) is 0 Å². The van der Waals surface area contributed by atoms with E-state index in [0.717, 1.165) is 38.6 Å². The highest BCUT2D eigenvalue weighted by Gasteiger charge is 2.11. The van der Waals surface area contributed by atoms with Crippen LogP contribution < -0.4 is 0 Å². The van der Waals surface area contributed by atoms with Crippen molar-refractivity contribution in [3.05, 3.63) is 146 Å². The van der Waals surface area contributed by atoms with Crippen LogP contribution in [0, 0.1) is 0 Å². The third-order valence-electron chi connectivity index (χ3n) is 8.61. The molecule has 0 amide bonds. The van der Waals surface area contributed by atoms with Gasteiger partial charge in [0.2, 0.25) is 0 Å². The smallest absolute Gasteiger partial charge is 0.178 e. The average Bonchev–Trinajstić information content (AvgIpc) is 3.11. The molecule has 4 heteroatoms. The molecular weight excluding hydrogens is 536 g/mol. The zero-order chi connectivity index (χ0) is 29.0. The van der Waals surface area contributed by atoms with Crippen molar-refractivity contribution in [2.45, 2.75) is 0 Å². The van der Waals surface area contributed by atoms with Gasteiger partial charge in [-0.15, -0.1) is 0 Å². The molecule has 0 atom stereocenters. The molecule has 204 valence electrons. The number of pyridine rings is 2. The Kier molecular flexibility index (Phi) is 5.47. The molecule has 0 radical (unpaired) electrons. The van der Waals surface area contributed by atoms with E-state index in [1.807, 2.05) is 24.5 Å².